The van der Waals surface area contributed by atoms with Gasteiger partial charge in [0, 0.05) is 6.54 Å². The summed E-state index contributed by atoms with van der Waals surface area (Å²) < 4.78 is 10.7. The third-order valence-corrected chi connectivity index (χ3v) is 1.58. The van der Waals surface area contributed by atoms with Crippen LogP contribution in [0.1, 0.15) is 20.8 Å². The lowest BCUT2D eigenvalue weighted by Crippen LogP contribution is -2.18. The molecule has 14 heavy (non-hydrogen) atoms. The van der Waals surface area contributed by atoms with Crippen LogP contribution in [0.15, 0.2) is 12.2 Å². The van der Waals surface area contributed by atoms with Crippen molar-refractivity contribution in [3.63, 3.8) is 0 Å². The molecule has 0 aromatic rings. The molecule has 0 saturated heterocycles. The summed E-state index contributed by atoms with van der Waals surface area (Å²) in [4.78, 5) is 0. The molecule has 0 aromatic heterocycles. The number of ether oxygens (including phenoxy) is 2. The smallest absolute Gasteiger partial charge is 0.0651 e. The summed E-state index contributed by atoms with van der Waals surface area (Å²) in [6.45, 7) is 10.2. The molecular weight excluding hydrogens is 178 g/mol. The van der Waals surface area contributed by atoms with Crippen molar-refractivity contribution in [1.82, 2.24) is 5.32 Å². The first-order valence-corrected chi connectivity index (χ1v) is 5.32. The number of likely N-dealkylation sites (N-methyl/N-ethyl adjacent to an activating group) is 1. The predicted molar refractivity (Wildman–Crippen MR) is 59.6 cm³/mol. The average Bonchev–Trinajstić information content (AvgIpc) is 2.15. The average molecular weight is 201 g/mol. The third-order valence-electron chi connectivity index (χ3n) is 1.58. The van der Waals surface area contributed by atoms with Crippen molar-refractivity contribution in [3.05, 3.63) is 12.2 Å². The summed E-state index contributed by atoms with van der Waals surface area (Å²) in [5.74, 6) is 0. The van der Waals surface area contributed by atoms with Gasteiger partial charge in [0.15, 0.2) is 0 Å². The SMILES string of the molecule is CCNCCOC/C=C/COC(C)C. The maximum Gasteiger partial charge on any atom is 0.0651 e. The van der Waals surface area contributed by atoms with Gasteiger partial charge in [-0.1, -0.05) is 19.1 Å². The molecule has 0 aliphatic heterocycles. The lowest BCUT2D eigenvalue weighted by Gasteiger charge is -2.03. The monoisotopic (exact) mass is 201 g/mol. The van der Waals surface area contributed by atoms with E-state index in [1.54, 1.807) is 0 Å². The van der Waals surface area contributed by atoms with E-state index in [0.717, 1.165) is 19.7 Å². The van der Waals surface area contributed by atoms with Crippen molar-refractivity contribution in [2.75, 3.05) is 32.9 Å². The number of hydrogen-bond acceptors (Lipinski definition) is 3. The van der Waals surface area contributed by atoms with Gasteiger partial charge < -0.3 is 14.8 Å². The summed E-state index contributed by atoms with van der Waals surface area (Å²) in [7, 11) is 0. The Kier molecular flexibility index (Phi) is 10.4. The molecule has 0 aliphatic rings. The van der Waals surface area contributed by atoms with Crippen LogP contribution >= 0.6 is 0 Å². The van der Waals surface area contributed by atoms with Crippen LogP contribution in [0.4, 0.5) is 0 Å². The molecule has 0 spiro atoms. The number of hydrogen-bond donors (Lipinski definition) is 1. The van der Waals surface area contributed by atoms with E-state index in [1.807, 2.05) is 26.0 Å². The van der Waals surface area contributed by atoms with Crippen LogP contribution in [0.5, 0.6) is 0 Å². The number of rotatable bonds is 9. The van der Waals surface area contributed by atoms with Gasteiger partial charge in [0.2, 0.25) is 0 Å². The second-order valence-electron chi connectivity index (χ2n) is 3.28. The van der Waals surface area contributed by atoms with Crippen LogP contribution < -0.4 is 5.32 Å². The van der Waals surface area contributed by atoms with E-state index in [1.165, 1.54) is 0 Å². The first-order valence-electron chi connectivity index (χ1n) is 5.32. The van der Waals surface area contributed by atoms with E-state index in [4.69, 9.17) is 9.47 Å². The van der Waals surface area contributed by atoms with Gasteiger partial charge in [-0.2, -0.15) is 0 Å². The van der Waals surface area contributed by atoms with Crippen molar-refractivity contribution in [3.8, 4) is 0 Å². The van der Waals surface area contributed by atoms with E-state index < -0.39 is 0 Å². The minimum Gasteiger partial charge on any atom is -0.376 e. The molecular formula is C11H23NO2. The van der Waals surface area contributed by atoms with Gasteiger partial charge in [-0.25, -0.2) is 0 Å². The molecule has 0 fully saturated rings. The quantitative estimate of drug-likeness (QED) is 0.454. The van der Waals surface area contributed by atoms with Crippen LogP contribution in [0.2, 0.25) is 0 Å². The Morgan fingerprint density at radius 1 is 1.21 bits per heavy atom. The van der Waals surface area contributed by atoms with Crippen LogP contribution in [-0.4, -0.2) is 39.0 Å². The Bertz CT molecular complexity index is 135. The second kappa shape index (κ2) is 10.7. The molecule has 0 saturated carbocycles. The Balaban J connectivity index is 3.03. The molecule has 0 aromatic carbocycles. The zero-order chi connectivity index (χ0) is 10.6. The van der Waals surface area contributed by atoms with Crippen LogP contribution in [0.3, 0.4) is 0 Å². The number of nitrogens with one attached hydrogen (secondary N) is 1. The maximum atomic E-state index is 5.34. The fourth-order valence-electron chi connectivity index (χ4n) is 0.857. The Hall–Kier alpha value is -0.380. The van der Waals surface area contributed by atoms with Gasteiger partial charge in [0.05, 0.1) is 25.9 Å². The Labute approximate surface area is 87.5 Å². The molecule has 0 radical (unpaired) electrons. The molecule has 0 amide bonds. The van der Waals surface area contributed by atoms with Gasteiger partial charge in [0.1, 0.15) is 0 Å². The van der Waals surface area contributed by atoms with E-state index in [2.05, 4.69) is 12.2 Å². The van der Waals surface area contributed by atoms with Crippen molar-refractivity contribution in [2.24, 2.45) is 0 Å². The molecule has 0 rings (SSSR count). The van der Waals surface area contributed by atoms with Gasteiger partial charge in [-0.05, 0) is 20.4 Å². The van der Waals surface area contributed by atoms with Crippen molar-refractivity contribution >= 4 is 0 Å². The Morgan fingerprint density at radius 2 is 1.93 bits per heavy atom. The maximum absolute atomic E-state index is 5.34. The van der Waals surface area contributed by atoms with Gasteiger partial charge >= 0.3 is 0 Å². The van der Waals surface area contributed by atoms with Gasteiger partial charge in [-0.3, -0.25) is 0 Å². The molecule has 3 nitrogen and oxygen atoms in total. The molecule has 0 heterocycles. The van der Waals surface area contributed by atoms with E-state index in [0.29, 0.717) is 19.3 Å². The fourth-order valence-corrected chi connectivity index (χ4v) is 0.857. The Morgan fingerprint density at radius 3 is 2.57 bits per heavy atom. The minimum atomic E-state index is 0.300. The molecule has 0 bridgehead atoms. The van der Waals surface area contributed by atoms with E-state index in [-0.39, 0.29) is 0 Å². The second-order valence-corrected chi connectivity index (χ2v) is 3.28. The summed E-state index contributed by atoms with van der Waals surface area (Å²) in [5.41, 5.74) is 0. The zero-order valence-electron chi connectivity index (χ0n) is 9.58. The first kappa shape index (κ1) is 13.6. The highest BCUT2D eigenvalue weighted by molar-refractivity contribution is 4.81. The fraction of sp³-hybridized carbons (Fsp3) is 0.818. The van der Waals surface area contributed by atoms with Crippen LogP contribution in [0, 0.1) is 0 Å². The van der Waals surface area contributed by atoms with Crippen molar-refractivity contribution in [1.29, 1.82) is 0 Å². The third kappa shape index (κ3) is 11.6. The molecule has 0 atom stereocenters. The van der Waals surface area contributed by atoms with E-state index in [9.17, 15) is 0 Å². The lowest BCUT2D eigenvalue weighted by molar-refractivity contribution is 0.102. The molecule has 3 heteroatoms. The highest BCUT2D eigenvalue weighted by Crippen LogP contribution is 1.87. The van der Waals surface area contributed by atoms with Crippen LogP contribution in [-0.2, 0) is 9.47 Å². The molecule has 84 valence electrons. The lowest BCUT2D eigenvalue weighted by atomic mass is 10.4. The summed E-state index contributed by atoms with van der Waals surface area (Å²) >= 11 is 0. The highest BCUT2D eigenvalue weighted by atomic mass is 16.5. The van der Waals surface area contributed by atoms with Gasteiger partial charge in [0.25, 0.3) is 0 Å². The normalized spacial score (nSPS) is 11.7. The standard InChI is InChI=1S/C11H23NO2/c1-4-12-7-10-13-8-5-6-9-14-11(2)3/h5-6,11-12H,4,7-10H2,1-3H3/b6-5+. The summed E-state index contributed by atoms with van der Waals surface area (Å²) in [6.07, 6.45) is 4.29. The topological polar surface area (TPSA) is 30.5 Å². The summed E-state index contributed by atoms with van der Waals surface area (Å²) in [5, 5.41) is 3.19. The van der Waals surface area contributed by atoms with Gasteiger partial charge in [-0.15, -0.1) is 0 Å². The minimum absolute atomic E-state index is 0.300. The molecule has 1 N–H and O–H groups in total. The van der Waals surface area contributed by atoms with Crippen molar-refractivity contribution in [2.45, 2.75) is 26.9 Å². The highest BCUT2D eigenvalue weighted by Gasteiger charge is 1.88. The molecule has 0 unspecified atom stereocenters. The first-order chi connectivity index (χ1) is 6.77. The largest absolute Gasteiger partial charge is 0.376 e. The van der Waals surface area contributed by atoms with E-state index >= 15 is 0 Å². The molecule has 0 aliphatic carbocycles. The predicted octanol–water partition coefficient (Wildman–Crippen LogP) is 1.59. The zero-order valence-corrected chi connectivity index (χ0v) is 9.58. The van der Waals surface area contributed by atoms with Crippen molar-refractivity contribution < 1.29 is 9.47 Å². The van der Waals surface area contributed by atoms with Crippen LogP contribution in [0.25, 0.3) is 0 Å². The summed E-state index contributed by atoms with van der Waals surface area (Å²) in [6, 6.07) is 0.